The Kier molecular flexibility index (Phi) is 4.13. The zero-order chi connectivity index (χ0) is 14.3. The van der Waals surface area contributed by atoms with Crippen LogP contribution in [0.25, 0.3) is 0 Å². The fourth-order valence-corrected chi connectivity index (χ4v) is 4.71. The lowest BCUT2D eigenvalue weighted by molar-refractivity contribution is -0.0209. The summed E-state index contributed by atoms with van der Waals surface area (Å²) in [6.45, 7) is 12.0. The molecular weight excluding hydrogens is 248 g/mol. The maximum absolute atomic E-state index is 10.4. The Morgan fingerprint density at radius 3 is 2.80 bits per heavy atom. The molecule has 0 aromatic carbocycles. The van der Waals surface area contributed by atoms with E-state index in [2.05, 4.69) is 30.6 Å². The molecular formula is C17H32N2O. The Balaban J connectivity index is 1.61. The summed E-state index contributed by atoms with van der Waals surface area (Å²) < 4.78 is 0. The smallest absolute Gasteiger partial charge is 0.0581 e. The van der Waals surface area contributed by atoms with Gasteiger partial charge in [-0.05, 0) is 56.9 Å². The molecule has 3 aliphatic rings. The van der Waals surface area contributed by atoms with Gasteiger partial charge < -0.3 is 5.11 Å². The lowest BCUT2D eigenvalue weighted by Crippen LogP contribution is -2.57. The first-order valence-corrected chi connectivity index (χ1v) is 8.61. The molecule has 0 amide bonds. The zero-order valence-corrected chi connectivity index (χ0v) is 13.5. The van der Waals surface area contributed by atoms with E-state index in [9.17, 15) is 5.11 Å². The van der Waals surface area contributed by atoms with Gasteiger partial charge in [0.15, 0.2) is 0 Å². The van der Waals surface area contributed by atoms with Gasteiger partial charge in [-0.25, -0.2) is 0 Å². The maximum atomic E-state index is 10.4. The molecule has 2 aliphatic heterocycles. The van der Waals surface area contributed by atoms with Gasteiger partial charge in [-0.1, -0.05) is 13.8 Å². The monoisotopic (exact) mass is 280 g/mol. The standard InChI is InChI=1S/C17H32N2O/c1-13-10-18-8-4-5-15(18)12-19(13)11-14-9-17(2,3)7-6-16(14)20/h13-16,20H,4-12H2,1-3H3. The van der Waals surface area contributed by atoms with Crippen LogP contribution in [0.3, 0.4) is 0 Å². The van der Waals surface area contributed by atoms with Gasteiger partial charge in [-0.2, -0.15) is 0 Å². The fourth-order valence-electron chi connectivity index (χ4n) is 4.71. The number of fused-ring (bicyclic) bond motifs is 1. The molecule has 116 valence electrons. The predicted octanol–water partition coefficient (Wildman–Crippen LogP) is 2.34. The summed E-state index contributed by atoms with van der Waals surface area (Å²) in [6.07, 6.45) is 6.04. The first kappa shape index (κ1) is 14.8. The molecule has 1 aliphatic carbocycles. The van der Waals surface area contributed by atoms with Crippen molar-refractivity contribution in [1.82, 2.24) is 9.80 Å². The Morgan fingerprint density at radius 2 is 2.00 bits per heavy atom. The van der Waals surface area contributed by atoms with E-state index < -0.39 is 0 Å². The van der Waals surface area contributed by atoms with Crippen LogP contribution in [0.5, 0.6) is 0 Å². The predicted molar refractivity (Wildman–Crippen MR) is 82.8 cm³/mol. The molecule has 2 heterocycles. The van der Waals surface area contributed by atoms with Crippen LogP contribution in [0.4, 0.5) is 0 Å². The summed E-state index contributed by atoms with van der Waals surface area (Å²) in [5.41, 5.74) is 0.419. The lowest BCUT2D eigenvalue weighted by atomic mass is 9.70. The van der Waals surface area contributed by atoms with Crippen molar-refractivity contribution in [3.05, 3.63) is 0 Å². The normalized spacial score (nSPS) is 42.6. The molecule has 0 aromatic heterocycles. The van der Waals surface area contributed by atoms with E-state index in [1.54, 1.807) is 0 Å². The van der Waals surface area contributed by atoms with Crippen molar-refractivity contribution in [3.8, 4) is 0 Å². The van der Waals surface area contributed by atoms with E-state index >= 15 is 0 Å². The molecule has 1 N–H and O–H groups in total. The van der Waals surface area contributed by atoms with Crippen LogP contribution < -0.4 is 0 Å². The maximum Gasteiger partial charge on any atom is 0.0581 e. The van der Waals surface area contributed by atoms with Crippen molar-refractivity contribution in [2.24, 2.45) is 11.3 Å². The van der Waals surface area contributed by atoms with Crippen LogP contribution in [0.15, 0.2) is 0 Å². The van der Waals surface area contributed by atoms with Gasteiger partial charge in [0.25, 0.3) is 0 Å². The third kappa shape index (κ3) is 3.05. The van der Waals surface area contributed by atoms with E-state index in [4.69, 9.17) is 0 Å². The summed E-state index contributed by atoms with van der Waals surface area (Å²) in [6, 6.07) is 1.45. The number of hydrogen-bond donors (Lipinski definition) is 1. The second-order valence-corrected chi connectivity index (χ2v) is 8.33. The second kappa shape index (κ2) is 5.58. The third-order valence-corrected chi connectivity index (χ3v) is 6.01. The Labute approximate surface area is 124 Å². The van der Waals surface area contributed by atoms with Crippen molar-refractivity contribution < 1.29 is 5.11 Å². The van der Waals surface area contributed by atoms with Crippen LogP contribution in [-0.4, -0.2) is 59.3 Å². The molecule has 1 saturated carbocycles. The number of nitrogens with zero attached hydrogens (tertiary/aromatic N) is 2. The van der Waals surface area contributed by atoms with Gasteiger partial charge in [0.2, 0.25) is 0 Å². The minimum atomic E-state index is -0.0724. The van der Waals surface area contributed by atoms with Crippen molar-refractivity contribution >= 4 is 0 Å². The highest BCUT2D eigenvalue weighted by Crippen LogP contribution is 2.39. The minimum Gasteiger partial charge on any atom is -0.393 e. The molecule has 4 atom stereocenters. The molecule has 3 fully saturated rings. The number of aliphatic hydroxyl groups is 1. The minimum absolute atomic E-state index is 0.0724. The zero-order valence-electron chi connectivity index (χ0n) is 13.5. The van der Waals surface area contributed by atoms with Crippen LogP contribution >= 0.6 is 0 Å². The van der Waals surface area contributed by atoms with Crippen molar-refractivity contribution in [3.63, 3.8) is 0 Å². The molecule has 3 heteroatoms. The fraction of sp³-hybridized carbons (Fsp3) is 1.00. The third-order valence-electron chi connectivity index (χ3n) is 6.01. The number of aliphatic hydroxyl groups excluding tert-OH is 1. The van der Waals surface area contributed by atoms with Crippen molar-refractivity contribution in [2.75, 3.05) is 26.2 Å². The molecule has 2 saturated heterocycles. The lowest BCUT2D eigenvalue weighted by Gasteiger charge is -2.46. The van der Waals surface area contributed by atoms with Gasteiger partial charge >= 0.3 is 0 Å². The molecule has 4 unspecified atom stereocenters. The van der Waals surface area contributed by atoms with Gasteiger partial charge in [-0.15, -0.1) is 0 Å². The van der Waals surface area contributed by atoms with E-state index in [-0.39, 0.29) is 6.10 Å². The van der Waals surface area contributed by atoms with Gasteiger partial charge in [0.1, 0.15) is 0 Å². The molecule has 0 spiro atoms. The van der Waals surface area contributed by atoms with Crippen molar-refractivity contribution in [2.45, 2.75) is 71.1 Å². The van der Waals surface area contributed by atoms with E-state index in [1.165, 1.54) is 45.3 Å². The highest BCUT2D eigenvalue weighted by molar-refractivity contribution is 4.93. The SMILES string of the molecule is CC1CN2CCCC2CN1CC1CC(C)(C)CCC1O. The largest absolute Gasteiger partial charge is 0.393 e. The highest BCUT2D eigenvalue weighted by atomic mass is 16.3. The van der Waals surface area contributed by atoms with Gasteiger partial charge in [0, 0.05) is 31.7 Å². The summed E-state index contributed by atoms with van der Waals surface area (Å²) in [5.74, 6) is 0.481. The number of piperazine rings is 1. The average Bonchev–Trinajstić information content (AvgIpc) is 2.81. The summed E-state index contributed by atoms with van der Waals surface area (Å²) in [7, 11) is 0. The van der Waals surface area contributed by atoms with E-state index in [0.29, 0.717) is 17.4 Å². The number of hydrogen-bond acceptors (Lipinski definition) is 3. The summed E-state index contributed by atoms with van der Waals surface area (Å²) in [5, 5.41) is 10.4. The van der Waals surface area contributed by atoms with Crippen molar-refractivity contribution in [1.29, 1.82) is 0 Å². The van der Waals surface area contributed by atoms with Crippen LogP contribution in [0, 0.1) is 11.3 Å². The van der Waals surface area contributed by atoms with Crippen LogP contribution in [-0.2, 0) is 0 Å². The molecule has 3 rings (SSSR count). The summed E-state index contributed by atoms with van der Waals surface area (Å²) >= 11 is 0. The molecule has 0 aromatic rings. The second-order valence-electron chi connectivity index (χ2n) is 8.33. The quantitative estimate of drug-likeness (QED) is 0.841. The topological polar surface area (TPSA) is 26.7 Å². The Hall–Kier alpha value is -0.120. The van der Waals surface area contributed by atoms with Gasteiger partial charge in [-0.3, -0.25) is 9.80 Å². The van der Waals surface area contributed by atoms with Crippen LogP contribution in [0.2, 0.25) is 0 Å². The highest BCUT2D eigenvalue weighted by Gasteiger charge is 2.39. The average molecular weight is 280 g/mol. The van der Waals surface area contributed by atoms with E-state index in [0.717, 1.165) is 19.0 Å². The Bertz CT molecular complexity index is 344. The molecule has 0 bridgehead atoms. The van der Waals surface area contributed by atoms with Gasteiger partial charge in [0.05, 0.1) is 6.10 Å². The Morgan fingerprint density at radius 1 is 1.20 bits per heavy atom. The first-order chi connectivity index (χ1) is 9.44. The van der Waals surface area contributed by atoms with E-state index in [1.807, 2.05) is 0 Å². The first-order valence-electron chi connectivity index (χ1n) is 8.61. The van der Waals surface area contributed by atoms with Crippen LogP contribution in [0.1, 0.15) is 52.9 Å². The summed E-state index contributed by atoms with van der Waals surface area (Å²) in [4.78, 5) is 5.35. The number of rotatable bonds is 2. The molecule has 20 heavy (non-hydrogen) atoms. The molecule has 0 radical (unpaired) electrons. The molecule has 3 nitrogen and oxygen atoms in total.